The molecule has 25 heavy (non-hydrogen) atoms. The van der Waals surface area contributed by atoms with Gasteiger partial charge in [0.05, 0.1) is 23.2 Å². The summed E-state index contributed by atoms with van der Waals surface area (Å²) in [7, 11) is 1.74. The van der Waals surface area contributed by atoms with E-state index in [1.165, 1.54) is 6.07 Å². The zero-order chi connectivity index (χ0) is 18.2. The molecule has 3 rings (SSSR count). The highest BCUT2D eigenvalue weighted by atomic mass is 19.1. The topological polar surface area (TPSA) is 52.6 Å². The van der Waals surface area contributed by atoms with Crippen LogP contribution >= 0.6 is 0 Å². The maximum absolute atomic E-state index is 14.5. The fourth-order valence-corrected chi connectivity index (χ4v) is 3.64. The predicted octanol–water partition coefficient (Wildman–Crippen LogP) is 2.77. The summed E-state index contributed by atoms with van der Waals surface area (Å²) in [6.45, 7) is 3.77. The number of nitrogens with one attached hydrogen (secondary N) is 1. The number of fused-ring (bicyclic) bond motifs is 1. The van der Waals surface area contributed by atoms with Crippen molar-refractivity contribution < 1.29 is 14.3 Å². The maximum Gasteiger partial charge on any atom is 0.237 e. The summed E-state index contributed by atoms with van der Waals surface area (Å²) in [5.41, 5.74) is 0.746. The van der Waals surface area contributed by atoms with Crippen LogP contribution in [0.15, 0.2) is 48.5 Å². The Balaban J connectivity index is 2.17. The summed E-state index contributed by atoms with van der Waals surface area (Å²) < 4.78 is 14.5. The van der Waals surface area contributed by atoms with Gasteiger partial charge in [0.1, 0.15) is 5.82 Å². The molecule has 4 nitrogen and oxygen atoms in total. The highest BCUT2D eigenvalue weighted by Gasteiger charge is 2.49. The number of amides is 1. The first-order valence-corrected chi connectivity index (χ1v) is 8.40. The Bertz CT molecular complexity index is 777. The standard InChI is InChI=1S/C20H23FN2O2/c1-20(2)17-14(21)10-7-11-15(17)23(19(20)25)18(16(24)12-22-3)13-8-5-4-6-9-13/h4-11,16,18,22,24H,12H2,1-3H3. The van der Waals surface area contributed by atoms with Gasteiger partial charge in [-0.25, -0.2) is 4.39 Å². The summed E-state index contributed by atoms with van der Waals surface area (Å²) in [5.74, 6) is -0.607. The Morgan fingerprint density at radius 2 is 1.84 bits per heavy atom. The first kappa shape index (κ1) is 17.6. The van der Waals surface area contributed by atoms with Gasteiger partial charge < -0.3 is 15.3 Å². The fraction of sp³-hybridized carbons (Fsp3) is 0.350. The zero-order valence-electron chi connectivity index (χ0n) is 14.7. The average Bonchev–Trinajstić information content (AvgIpc) is 2.78. The van der Waals surface area contributed by atoms with Crippen LogP contribution in [-0.4, -0.2) is 30.7 Å². The Labute approximate surface area is 147 Å². The van der Waals surface area contributed by atoms with Crippen molar-refractivity contribution in [3.05, 3.63) is 65.5 Å². The van der Waals surface area contributed by atoms with Crippen molar-refractivity contribution in [1.82, 2.24) is 5.32 Å². The number of halogens is 1. The van der Waals surface area contributed by atoms with Crippen LogP contribution in [0.5, 0.6) is 0 Å². The second-order valence-electron chi connectivity index (χ2n) is 6.91. The number of hydrogen-bond donors (Lipinski definition) is 2. The molecule has 0 aromatic heterocycles. The number of rotatable bonds is 5. The SMILES string of the molecule is CNCC(O)C(c1ccccc1)N1C(=O)C(C)(C)c2c(F)cccc21. The van der Waals surface area contributed by atoms with Gasteiger partial charge in [0, 0.05) is 12.1 Å². The molecule has 0 saturated carbocycles. The number of anilines is 1. The van der Waals surface area contributed by atoms with E-state index in [0.717, 1.165) is 5.56 Å². The third kappa shape index (κ3) is 2.83. The van der Waals surface area contributed by atoms with E-state index in [2.05, 4.69) is 5.32 Å². The van der Waals surface area contributed by atoms with E-state index < -0.39 is 23.4 Å². The number of aliphatic hydroxyl groups is 1. The first-order chi connectivity index (χ1) is 11.9. The van der Waals surface area contributed by atoms with Gasteiger partial charge in [0.25, 0.3) is 0 Å². The summed E-state index contributed by atoms with van der Waals surface area (Å²) in [6.07, 6.45) is -0.832. The lowest BCUT2D eigenvalue weighted by Gasteiger charge is -2.33. The maximum atomic E-state index is 14.5. The number of carbonyl (C=O) groups excluding carboxylic acids is 1. The van der Waals surface area contributed by atoms with Gasteiger partial charge in [-0.15, -0.1) is 0 Å². The summed E-state index contributed by atoms with van der Waals surface area (Å²) in [6, 6.07) is 13.5. The Morgan fingerprint density at radius 3 is 2.48 bits per heavy atom. The smallest absolute Gasteiger partial charge is 0.237 e. The normalized spacial score (nSPS) is 18.1. The molecule has 0 spiro atoms. The fourth-order valence-electron chi connectivity index (χ4n) is 3.64. The molecule has 0 saturated heterocycles. The number of benzene rings is 2. The van der Waals surface area contributed by atoms with Crippen molar-refractivity contribution in [3.8, 4) is 0 Å². The number of hydrogen-bond acceptors (Lipinski definition) is 3. The summed E-state index contributed by atoms with van der Waals surface area (Å²) in [5, 5.41) is 13.7. The average molecular weight is 342 g/mol. The molecule has 2 atom stereocenters. The van der Waals surface area contributed by atoms with Crippen molar-refractivity contribution >= 4 is 11.6 Å². The molecule has 0 radical (unpaired) electrons. The third-order valence-electron chi connectivity index (χ3n) is 4.83. The van der Waals surface area contributed by atoms with Crippen LogP contribution in [-0.2, 0) is 10.2 Å². The van der Waals surface area contributed by atoms with Crippen molar-refractivity contribution in [2.24, 2.45) is 0 Å². The zero-order valence-corrected chi connectivity index (χ0v) is 14.7. The molecule has 0 aliphatic carbocycles. The van der Waals surface area contributed by atoms with E-state index in [1.54, 1.807) is 37.9 Å². The quantitative estimate of drug-likeness (QED) is 0.878. The summed E-state index contributed by atoms with van der Waals surface area (Å²) in [4.78, 5) is 14.7. The van der Waals surface area contributed by atoms with E-state index >= 15 is 0 Å². The Kier molecular flexibility index (Phi) is 4.62. The molecule has 1 aliphatic heterocycles. The van der Waals surface area contributed by atoms with Gasteiger partial charge >= 0.3 is 0 Å². The van der Waals surface area contributed by atoms with E-state index in [0.29, 0.717) is 17.8 Å². The first-order valence-electron chi connectivity index (χ1n) is 8.40. The van der Waals surface area contributed by atoms with Crippen LogP contribution in [0, 0.1) is 5.82 Å². The van der Waals surface area contributed by atoms with Gasteiger partial charge in [0.15, 0.2) is 0 Å². The highest BCUT2D eigenvalue weighted by Crippen LogP contribution is 2.47. The monoisotopic (exact) mass is 342 g/mol. The Hall–Kier alpha value is -2.24. The molecular formula is C20H23FN2O2. The van der Waals surface area contributed by atoms with Crippen molar-refractivity contribution in [3.63, 3.8) is 0 Å². The van der Waals surface area contributed by atoms with Gasteiger partial charge in [-0.2, -0.15) is 0 Å². The van der Waals surface area contributed by atoms with Crippen LogP contribution in [0.3, 0.4) is 0 Å². The molecule has 1 aliphatic rings. The van der Waals surface area contributed by atoms with Crippen LogP contribution < -0.4 is 10.2 Å². The molecule has 0 bridgehead atoms. The summed E-state index contributed by atoms with van der Waals surface area (Å²) >= 11 is 0. The van der Waals surface area contributed by atoms with Crippen molar-refractivity contribution in [1.29, 1.82) is 0 Å². The number of likely N-dealkylation sites (N-methyl/N-ethyl adjacent to an activating group) is 1. The Morgan fingerprint density at radius 1 is 1.16 bits per heavy atom. The van der Waals surface area contributed by atoms with Gasteiger partial charge in [-0.1, -0.05) is 36.4 Å². The minimum atomic E-state index is -0.979. The molecule has 132 valence electrons. The lowest BCUT2D eigenvalue weighted by molar-refractivity contribution is -0.123. The number of nitrogens with zero attached hydrogens (tertiary/aromatic N) is 1. The van der Waals surface area contributed by atoms with Crippen molar-refractivity contribution in [2.45, 2.75) is 31.4 Å². The molecule has 2 unspecified atom stereocenters. The highest BCUT2D eigenvalue weighted by molar-refractivity contribution is 6.08. The van der Waals surface area contributed by atoms with Crippen molar-refractivity contribution in [2.75, 3.05) is 18.5 Å². The largest absolute Gasteiger partial charge is 0.389 e. The molecule has 2 aromatic rings. The van der Waals surface area contributed by atoms with Crippen LogP contribution in [0.1, 0.15) is 31.0 Å². The molecule has 1 amide bonds. The molecule has 2 N–H and O–H groups in total. The molecular weight excluding hydrogens is 319 g/mol. The molecule has 0 fully saturated rings. The predicted molar refractivity (Wildman–Crippen MR) is 96.0 cm³/mol. The molecule has 5 heteroatoms. The second kappa shape index (κ2) is 6.58. The van der Waals surface area contributed by atoms with Gasteiger partial charge in [-0.05, 0) is 38.6 Å². The van der Waals surface area contributed by atoms with Crippen LogP contribution in [0.2, 0.25) is 0 Å². The van der Waals surface area contributed by atoms with Gasteiger partial charge in [-0.3, -0.25) is 4.79 Å². The number of carbonyl (C=O) groups is 1. The number of aliphatic hydroxyl groups excluding tert-OH is 1. The van der Waals surface area contributed by atoms with Crippen LogP contribution in [0.4, 0.5) is 10.1 Å². The van der Waals surface area contributed by atoms with E-state index in [4.69, 9.17) is 0 Å². The minimum Gasteiger partial charge on any atom is -0.389 e. The molecule has 2 aromatic carbocycles. The van der Waals surface area contributed by atoms with E-state index in [1.807, 2.05) is 30.3 Å². The molecule has 1 heterocycles. The lowest BCUT2D eigenvalue weighted by atomic mass is 9.86. The van der Waals surface area contributed by atoms with E-state index in [-0.39, 0.29) is 5.91 Å². The van der Waals surface area contributed by atoms with Crippen LogP contribution in [0.25, 0.3) is 0 Å². The van der Waals surface area contributed by atoms with Gasteiger partial charge in [0.2, 0.25) is 5.91 Å². The second-order valence-corrected chi connectivity index (χ2v) is 6.91. The minimum absolute atomic E-state index is 0.211. The third-order valence-corrected chi connectivity index (χ3v) is 4.83. The lowest BCUT2D eigenvalue weighted by Crippen LogP contribution is -2.45. The van der Waals surface area contributed by atoms with E-state index in [9.17, 15) is 14.3 Å².